The third kappa shape index (κ3) is 2.11. The molecule has 5 heteroatoms. The molecule has 1 spiro atoms. The number of benzene rings is 2. The molecule has 1 saturated heterocycles. The molecular formula is C19H14INO3. The lowest BCUT2D eigenvalue weighted by atomic mass is 9.87. The predicted molar refractivity (Wildman–Crippen MR) is 97.2 cm³/mol. The van der Waals surface area contributed by atoms with Crippen LogP contribution in [0.5, 0.6) is 0 Å². The zero-order chi connectivity index (χ0) is 16.7. The van der Waals surface area contributed by atoms with E-state index in [4.69, 9.17) is 4.74 Å². The number of hydrogen-bond acceptors (Lipinski definition) is 3. The van der Waals surface area contributed by atoms with Gasteiger partial charge >= 0.3 is 5.97 Å². The van der Waals surface area contributed by atoms with Gasteiger partial charge in [-0.05, 0) is 34.2 Å². The summed E-state index contributed by atoms with van der Waals surface area (Å²) in [5.41, 5.74) is 1.25. The summed E-state index contributed by atoms with van der Waals surface area (Å²) in [4.78, 5) is 27.5. The van der Waals surface area contributed by atoms with E-state index in [2.05, 4.69) is 22.6 Å². The lowest BCUT2D eigenvalue weighted by Crippen LogP contribution is -2.46. The van der Waals surface area contributed by atoms with Crippen LogP contribution >= 0.6 is 22.6 Å². The monoisotopic (exact) mass is 431 g/mol. The molecule has 4 rings (SSSR count). The standard InChI is InChI=1S/C19H14INO3/c20-11-14-10-19(18(23)24-14)16-9-5-4-8-15(16)17(22)21(19)12-13-6-2-1-3-7-13/h1-9,11H,10,12H2/b14-11+. The van der Waals surface area contributed by atoms with Gasteiger partial charge in [0.2, 0.25) is 0 Å². The van der Waals surface area contributed by atoms with Crippen LogP contribution in [0, 0.1) is 0 Å². The summed E-state index contributed by atoms with van der Waals surface area (Å²) in [5.74, 6) is 0.101. The Bertz CT molecular complexity index is 862. The molecule has 24 heavy (non-hydrogen) atoms. The van der Waals surface area contributed by atoms with E-state index in [-0.39, 0.29) is 11.9 Å². The maximum absolute atomic E-state index is 13.0. The molecule has 2 aromatic carbocycles. The van der Waals surface area contributed by atoms with Gasteiger partial charge in [-0.2, -0.15) is 0 Å². The molecular weight excluding hydrogens is 417 g/mol. The van der Waals surface area contributed by atoms with Crippen molar-refractivity contribution in [2.24, 2.45) is 0 Å². The van der Waals surface area contributed by atoms with Gasteiger partial charge in [0.25, 0.3) is 5.91 Å². The first-order chi connectivity index (χ1) is 11.7. The van der Waals surface area contributed by atoms with E-state index in [1.807, 2.05) is 48.5 Å². The van der Waals surface area contributed by atoms with Crippen molar-refractivity contribution in [2.75, 3.05) is 0 Å². The van der Waals surface area contributed by atoms with Crippen LogP contribution in [0.2, 0.25) is 0 Å². The van der Waals surface area contributed by atoms with E-state index in [1.165, 1.54) is 0 Å². The Morgan fingerprint density at radius 1 is 1.08 bits per heavy atom. The largest absolute Gasteiger partial charge is 0.428 e. The second-order valence-electron chi connectivity index (χ2n) is 5.92. The maximum atomic E-state index is 13.0. The second kappa shape index (κ2) is 5.73. The number of cyclic esters (lactones) is 1. The fourth-order valence-corrected chi connectivity index (χ4v) is 3.85. The van der Waals surface area contributed by atoms with Gasteiger partial charge in [-0.15, -0.1) is 0 Å². The Balaban J connectivity index is 1.86. The van der Waals surface area contributed by atoms with Crippen LogP contribution < -0.4 is 0 Å². The molecule has 0 aromatic heterocycles. The van der Waals surface area contributed by atoms with Crippen LogP contribution in [0.15, 0.2) is 64.4 Å². The lowest BCUT2D eigenvalue weighted by molar-refractivity contribution is -0.145. The van der Waals surface area contributed by atoms with Crippen molar-refractivity contribution in [3.8, 4) is 0 Å². The van der Waals surface area contributed by atoms with Crippen LogP contribution in [0.1, 0.15) is 27.9 Å². The summed E-state index contributed by atoms with van der Waals surface area (Å²) in [5, 5.41) is 0. The van der Waals surface area contributed by atoms with Gasteiger partial charge in [0.15, 0.2) is 5.54 Å². The average Bonchev–Trinajstić information content (AvgIpc) is 3.08. The molecule has 0 aliphatic carbocycles. The van der Waals surface area contributed by atoms with Gasteiger partial charge in [-0.3, -0.25) is 4.79 Å². The first-order valence-electron chi connectivity index (χ1n) is 7.64. The van der Waals surface area contributed by atoms with E-state index in [1.54, 1.807) is 15.0 Å². The third-order valence-corrected chi connectivity index (χ3v) is 5.30. The van der Waals surface area contributed by atoms with Crippen molar-refractivity contribution < 1.29 is 14.3 Å². The van der Waals surface area contributed by atoms with E-state index in [0.29, 0.717) is 24.3 Å². The van der Waals surface area contributed by atoms with Crippen LogP contribution in [0.4, 0.5) is 0 Å². The molecule has 1 fully saturated rings. The van der Waals surface area contributed by atoms with Crippen LogP contribution in [0.25, 0.3) is 0 Å². The number of halogens is 1. The van der Waals surface area contributed by atoms with E-state index < -0.39 is 5.54 Å². The molecule has 0 N–H and O–H groups in total. The minimum atomic E-state index is -1.06. The van der Waals surface area contributed by atoms with Crippen LogP contribution in [-0.4, -0.2) is 16.8 Å². The van der Waals surface area contributed by atoms with Gasteiger partial charge in [-0.1, -0.05) is 48.5 Å². The summed E-state index contributed by atoms with van der Waals surface area (Å²) in [6, 6.07) is 17.0. The molecule has 1 unspecified atom stereocenters. The number of carbonyl (C=O) groups is 2. The highest BCUT2D eigenvalue weighted by Gasteiger charge is 2.60. The highest BCUT2D eigenvalue weighted by Crippen LogP contribution is 2.49. The molecule has 2 aliphatic rings. The maximum Gasteiger partial charge on any atom is 0.342 e. The quantitative estimate of drug-likeness (QED) is 0.538. The number of nitrogens with zero attached hydrogens (tertiary/aromatic N) is 1. The number of hydrogen-bond donors (Lipinski definition) is 0. The minimum absolute atomic E-state index is 0.124. The topological polar surface area (TPSA) is 46.6 Å². The molecule has 2 aliphatic heterocycles. The van der Waals surface area contributed by atoms with Gasteiger partial charge in [0.05, 0.1) is 0 Å². The smallest absolute Gasteiger partial charge is 0.342 e. The summed E-state index contributed by atoms with van der Waals surface area (Å²) in [6.45, 7) is 0.373. The van der Waals surface area contributed by atoms with Crippen molar-refractivity contribution >= 4 is 34.5 Å². The fraction of sp³-hybridized carbons (Fsp3) is 0.158. The highest BCUT2D eigenvalue weighted by molar-refractivity contribution is 14.1. The number of ether oxygens (including phenoxy) is 1. The molecule has 0 radical (unpaired) electrons. The Morgan fingerprint density at radius 3 is 2.50 bits per heavy atom. The van der Waals surface area contributed by atoms with Gasteiger partial charge in [-0.25, -0.2) is 4.79 Å². The van der Waals surface area contributed by atoms with Crippen LogP contribution in [-0.2, 0) is 21.6 Å². The molecule has 1 amide bonds. The Morgan fingerprint density at radius 2 is 1.79 bits per heavy atom. The summed E-state index contributed by atoms with van der Waals surface area (Å²) in [6.07, 6.45) is 0.379. The first kappa shape index (κ1) is 15.4. The number of rotatable bonds is 2. The van der Waals surface area contributed by atoms with Crippen molar-refractivity contribution in [2.45, 2.75) is 18.5 Å². The summed E-state index contributed by atoms with van der Waals surface area (Å²) >= 11 is 2.06. The van der Waals surface area contributed by atoms with Crippen molar-refractivity contribution in [1.29, 1.82) is 0 Å². The predicted octanol–water partition coefficient (Wildman–Crippen LogP) is 3.76. The SMILES string of the molecule is O=C1c2ccccc2C2(C/C(=C\I)OC2=O)N1Cc1ccccc1. The van der Waals surface area contributed by atoms with E-state index >= 15 is 0 Å². The zero-order valence-electron chi connectivity index (χ0n) is 12.7. The molecule has 1 atom stereocenters. The van der Waals surface area contributed by atoms with Crippen molar-refractivity contribution in [3.63, 3.8) is 0 Å². The number of fused-ring (bicyclic) bond motifs is 2. The number of amides is 1. The normalized spacial score (nSPS) is 23.9. The van der Waals surface area contributed by atoms with Gasteiger partial charge in [0, 0.05) is 28.2 Å². The van der Waals surface area contributed by atoms with Gasteiger partial charge < -0.3 is 9.64 Å². The van der Waals surface area contributed by atoms with Crippen molar-refractivity contribution in [3.05, 3.63) is 81.1 Å². The second-order valence-corrected chi connectivity index (χ2v) is 6.55. The minimum Gasteiger partial charge on any atom is -0.428 e. The third-order valence-electron chi connectivity index (χ3n) is 4.61. The number of esters is 1. The average molecular weight is 431 g/mol. The van der Waals surface area contributed by atoms with E-state index in [0.717, 1.165) is 11.1 Å². The highest BCUT2D eigenvalue weighted by atomic mass is 127. The molecule has 0 saturated carbocycles. The first-order valence-corrected chi connectivity index (χ1v) is 8.88. The molecule has 0 bridgehead atoms. The zero-order valence-corrected chi connectivity index (χ0v) is 14.9. The fourth-order valence-electron chi connectivity index (χ4n) is 3.50. The summed E-state index contributed by atoms with van der Waals surface area (Å²) < 4.78 is 7.20. The molecule has 2 aromatic rings. The van der Waals surface area contributed by atoms with Crippen molar-refractivity contribution in [1.82, 2.24) is 4.90 Å². The van der Waals surface area contributed by atoms with Crippen LogP contribution in [0.3, 0.4) is 0 Å². The summed E-state index contributed by atoms with van der Waals surface area (Å²) in [7, 11) is 0. The Hall–Kier alpha value is -2.15. The Labute approximate surface area is 153 Å². The van der Waals surface area contributed by atoms with E-state index in [9.17, 15) is 9.59 Å². The molecule has 2 heterocycles. The lowest BCUT2D eigenvalue weighted by Gasteiger charge is -2.31. The van der Waals surface area contributed by atoms with Gasteiger partial charge in [0.1, 0.15) is 5.76 Å². The molecule has 4 nitrogen and oxygen atoms in total. The number of carbonyl (C=O) groups excluding carboxylic acids is 2. The Kier molecular flexibility index (Phi) is 3.68. The molecule has 120 valence electrons.